The molecule has 17 rings (SSSR count). The molecular weight excluding hydrogens is 1970 g/mol. The Bertz CT molecular complexity index is 5850. The van der Waals surface area contributed by atoms with E-state index in [4.69, 9.17) is 42.6 Å². The van der Waals surface area contributed by atoms with E-state index < -0.39 is 93.9 Å². The van der Waals surface area contributed by atoms with Crippen molar-refractivity contribution in [3.8, 4) is 34.5 Å². The number of methoxy groups -OCH3 is 2. The van der Waals surface area contributed by atoms with E-state index in [1.807, 2.05) is 146 Å². The van der Waals surface area contributed by atoms with E-state index in [1.165, 1.54) is 46.5 Å². The number of sulfonamides is 2. The van der Waals surface area contributed by atoms with Crippen LogP contribution in [0.3, 0.4) is 0 Å². The average Bonchev–Trinajstić information content (AvgIpc) is 1.26. The van der Waals surface area contributed by atoms with E-state index in [1.54, 1.807) is 74.9 Å². The molecule has 41 heteroatoms. The molecule has 7 saturated heterocycles. The normalized spacial score (nSPS) is 24.2. The fraction of sp³-hybridized carbons (Fsp3) is 0.402. The van der Waals surface area contributed by atoms with Gasteiger partial charge in [0, 0.05) is 14.2 Å². The van der Waals surface area contributed by atoms with Gasteiger partial charge in [0.05, 0.1) is 54.0 Å². The number of phenolic OH excluding ortho intramolecular Hbond substituents is 5. The zero-order chi connectivity index (χ0) is 108. The SMILES string of the molecule is CC1(C)O[C@@H]2[C@@H](O1)[C@@H](Cc1ccc(O)cc1)NC(=O)N[C@@H]2Cc1ccc(O)cc1.CC1(C)O[C@@H]2[C@@H](O1)[C@@H](Cc1ccc(OCc3ccccc3)cc1)NC(=O)N[C@@H]2Cc1ccc(O)cc1.COC(C)(C)OC.Cc1ccc(C[C@H]2NC(=O)N[C@H](Cc3ccc(C)cc3)[C@@H]3OC(C)(C)O[C@H]32)cc1.O=C1N[C@H](Cc2ccc(O)cc2)[C@H](O)[C@@H](O)[C@@H](Cc2ccc(O)cc2)N1.O=S(=O)(N(c1ccccc1)S(=O)(=O)C(F)(F)F)C(F)(F)F. The van der Waals surface area contributed by atoms with Gasteiger partial charge in [0.1, 0.15) is 89.9 Å². The lowest BCUT2D eigenvalue weighted by molar-refractivity contribution is -0.178. The maximum Gasteiger partial charge on any atom is 0.517 e. The summed E-state index contributed by atoms with van der Waals surface area (Å²) in [7, 11) is -10.4. The third-order valence-corrected chi connectivity index (χ3v) is 28.9. The zero-order valence-electron chi connectivity index (χ0n) is 83.5. The van der Waals surface area contributed by atoms with Crippen LogP contribution in [0.2, 0.25) is 0 Å². The average molecular weight is 2100 g/mol. The van der Waals surface area contributed by atoms with Crippen LogP contribution in [0.1, 0.15) is 117 Å². The number of nitrogens with zero attached hydrogens (tertiary/aromatic N) is 1. The molecule has 7 heterocycles. The Labute approximate surface area is 855 Å². The molecule has 33 nitrogen and oxygen atoms in total. The summed E-state index contributed by atoms with van der Waals surface area (Å²) in [5.74, 6) is -0.953. The summed E-state index contributed by atoms with van der Waals surface area (Å²) in [4.78, 5) is 50.2. The van der Waals surface area contributed by atoms with Crippen molar-refractivity contribution in [2.45, 2.75) is 259 Å². The van der Waals surface area contributed by atoms with Crippen molar-refractivity contribution >= 4 is 49.9 Å². The Morgan fingerprint density at radius 2 is 0.514 bits per heavy atom. The number of halogens is 6. The Morgan fingerprint density at radius 1 is 0.311 bits per heavy atom. The van der Waals surface area contributed by atoms with Crippen LogP contribution in [0.5, 0.6) is 34.5 Å². The van der Waals surface area contributed by atoms with Crippen LogP contribution >= 0.6 is 0 Å². The van der Waals surface area contributed by atoms with Crippen LogP contribution in [0, 0.1) is 13.8 Å². The van der Waals surface area contributed by atoms with Crippen LogP contribution < -0.4 is 51.0 Å². The molecule has 148 heavy (non-hydrogen) atoms. The minimum Gasteiger partial charge on any atom is -0.508 e. The van der Waals surface area contributed by atoms with E-state index in [9.17, 15) is 98.1 Å². The van der Waals surface area contributed by atoms with Crippen LogP contribution in [-0.2, 0) is 116 Å². The molecule has 0 spiro atoms. The molecule has 10 aromatic carbocycles. The number of carbonyl (C=O) groups excluding carboxylic acids is 4. The highest BCUT2D eigenvalue weighted by molar-refractivity contribution is 8.11. The van der Waals surface area contributed by atoms with Gasteiger partial charge in [0.25, 0.3) is 0 Å². The van der Waals surface area contributed by atoms with Crippen molar-refractivity contribution in [2.75, 3.05) is 17.9 Å². The van der Waals surface area contributed by atoms with E-state index in [0.29, 0.717) is 70.1 Å². The molecule has 0 aromatic heterocycles. The number of hydrogen-bond acceptors (Lipinski definition) is 24. The number of amides is 8. The van der Waals surface area contributed by atoms with Gasteiger partial charge in [-0.1, -0.05) is 181 Å². The fourth-order valence-electron chi connectivity index (χ4n) is 17.6. The van der Waals surface area contributed by atoms with Gasteiger partial charge in [0.2, 0.25) is 0 Å². The molecule has 0 unspecified atom stereocenters. The van der Waals surface area contributed by atoms with Gasteiger partial charge in [-0.05, 0) is 256 Å². The van der Waals surface area contributed by atoms with Crippen LogP contribution in [0.25, 0.3) is 0 Å². The lowest BCUT2D eigenvalue weighted by Crippen LogP contribution is -2.49. The van der Waals surface area contributed by atoms with Crippen molar-refractivity contribution in [3.05, 3.63) is 316 Å². The van der Waals surface area contributed by atoms with Crippen LogP contribution in [0.15, 0.2) is 255 Å². The number of carbonyl (C=O) groups is 4. The summed E-state index contributed by atoms with van der Waals surface area (Å²) in [6.45, 7) is 19.8. The van der Waals surface area contributed by atoms with Crippen molar-refractivity contribution < 1.29 is 141 Å². The van der Waals surface area contributed by atoms with Crippen molar-refractivity contribution in [3.63, 3.8) is 0 Å². The number of nitrogens with one attached hydrogen (secondary N) is 8. The van der Waals surface area contributed by atoms with Crippen LogP contribution in [0.4, 0.5) is 51.2 Å². The van der Waals surface area contributed by atoms with E-state index >= 15 is 0 Å². The molecule has 15 N–H and O–H groups in total. The summed E-state index contributed by atoms with van der Waals surface area (Å²) in [6.07, 6.45) is 0.220. The van der Waals surface area contributed by atoms with Gasteiger partial charge in [0.15, 0.2) is 23.1 Å². The highest BCUT2D eigenvalue weighted by Gasteiger charge is 2.62. The molecule has 16 atom stereocenters. The first-order valence-electron chi connectivity index (χ1n) is 47.8. The number of hydrogen-bond donors (Lipinski definition) is 15. The first-order chi connectivity index (χ1) is 69.7. The van der Waals surface area contributed by atoms with Crippen molar-refractivity contribution in [1.82, 2.24) is 42.5 Å². The summed E-state index contributed by atoms with van der Waals surface area (Å²) < 4.78 is 171. The van der Waals surface area contributed by atoms with Gasteiger partial charge in [-0.3, -0.25) is 0 Å². The largest absolute Gasteiger partial charge is 0.517 e. The minimum atomic E-state index is -6.81. The third kappa shape index (κ3) is 31.8. The maximum absolute atomic E-state index is 12.8. The van der Waals surface area contributed by atoms with Crippen molar-refractivity contribution in [2.24, 2.45) is 0 Å². The summed E-state index contributed by atoms with van der Waals surface area (Å²) in [5, 5.41) is 92.3. The maximum atomic E-state index is 12.8. The van der Waals surface area contributed by atoms with Gasteiger partial charge < -0.3 is 121 Å². The molecule has 0 radical (unpaired) electrons. The number of para-hydroxylation sites is 1. The predicted molar refractivity (Wildman–Crippen MR) is 537 cm³/mol. The molecule has 10 aromatic rings. The molecule has 7 aliphatic heterocycles. The number of aryl methyl sites for hydroxylation is 2. The summed E-state index contributed by atoms with van der Waals surface area (Å²) in [6, 6.07) is 68.6. The Hall–Kier alpha value is -13.0. The molecule has 0 aliphatic carbocycles. The lowest BCUT2D eigenvalue weighted by Gasteiger charge is -2.27. The number of ether oxygens (including phenoxy) is 9. The number of aliphatic hydroxyl groups is 2. The molecule has 7 fully saturated rings. The highest BCUT2D eigenvalue weighted by Crippen LogP contribution is 2.42. The Balaban J connectivity index is 0.000000163. The zero-order valence-corrected chi connectivity index (χ0v) is 85.1. The predicted octanol–water partition coefficient (Wildman–Crippen LogP) is 14.3. The summed E-state index contributed by atoms with van der Waals surface area (Å²) in [5.41, 5.74) is -2.22. The van der Waals surface area contributed by atoms with Gasteiger partial charge in [-0.25, -0.2) is 19.2 Å². The second-order valence-electron chi connectivity index (χ2n) is 38.6. The molecule has 8 amide bonds. The van der Waals surface area contributed by atoms with Crippen LogP contribution in [-0.4, -0.2) is 222 Å². The first-order valence-corrected chi connectivity index (χ1v) is 50.6. The number of phenols is 5. The Morgan fingerprint density at radius 3 is 0.730 bits per heavy atom. The van der Waals surface area contributed by atoms with E-state index in [-0.39, 0.29) is 120 Å². The molecule has 0 saturated carbocycles. The number of urea groups is 4. The second kappa shape index (κ2) is 48.9. The molecule has 0 bridgehead atoms. The lowest BCUT2D eigenvalue weighted by atomic mass is 9.92. The third-order valence-electron chi connectivity index (χ3n) is 25.3. The van der Waals surface area contributed by atoms with E-state index in [0.717, 1.165) is 62.9 Å². The van der Waals surface area contributed by atoms with Gasteiger partial charge in [-0.15, -0.1) is 3.71 Å². The quantitative estimate of drug-likeness (QED) is 0.0197. The first kappa shape index (κ1) is 114. The molecule has 7 aliphatic rings. The van der Waals surface area contributed by atoms with E-state index in [2.05, 4.69) is 105 Å². The fourth-order valence-corrected chi connectivity index (χ4v) is 20.4. The number of aromatic hydroxyl groups is 5. The number of fused-ring (bicyclic) bond motifs is 3. The Kier molecular flexibility index (Phi) is 37.6. The summed E-state index contributed by atoms with van der Waals surface area (Å²) >= 11 is 0. The smallest absolute Gasteiger partial charge is 0.508 e. The monoisotopic (exact) mass is 2100 g/mol. The standard InChI is InChI=1S/C29H32N2O5.C24H30N2O3.C22H26N2O5.C19H22N2O5.C8H5F6NO4S2.C5H12O2/c1-29(2)35-26-24(16-19-8-12-22(32)13-9-19)30-28(33)31-25(27(26)36-29)17-20-10-14-23(15-11-20)34-18-21-6-4-3-5-7-21;1-15-5-9-17(10-6-15)13-19-21-22(29-24(3,4)28-21)20(26-23(27)25-19)14-18-11-7-16(2)8-12-18;1-22(2)28-19-17(11-13-3-7-15(25)8-4-13)23-21(27)24-18(20(19)29-22)12-14-5-9-16(26)10-6-14;22-13-5-1-11(2-6-13)9-15-17(24)18(25)16(21-19(26)20-15)10-12-3-7-14(23)8-4-12;9-7(10,11)20(16,17)15(6-4-2-1-3-5-6)21(18,19)8(12,13)14;1-5(2,6-3)7-4/h3-15,24-27,32H,16-18H2,1-2H3,(H2,30,31,33);5-12,19-22H,13-14H2,1-4H3,(H2,25,26,27);3-10,17-20,25-26H,11-12H2,1-2H3,(H2,23,24,27);1-8,15-18,22-25H,9-10H2,(H2,20,21,26);1-5H;1-4H3/t24-,25-,26+,27+;19-,20-,21+,22+;17-,18-,19+,20+;15-,16-,17+,18+;;/m1111../s1. The number of rotatable bonds is 24. The van der Waals surface area contributed by atoms with Crippen molar-refractivity contribution in [1.29, 1.82) is 0 Å². The number of alkyl halides is 6. The van der Waals surface area contributed by atoms with Gasteiger partial charge in [-0.2, -0.15) is 43.2 Å². The molecule has 798 valence electrons. The minimum absolute atomic E-state index is 0.134. The topological polar surface area (TPSA) is 461 Å². The number of anilines is 1. The highest BCUT2D eigenvalue weighted by atomic mass is 32.3. The number of benzene rings is 10. The van der Waals surface area contributed by atoms with Gasteiger partial charge >= 0.3 is 55.2 Å². The molecular formula is C107H127F6N9O24S2. The second-order valence-corrected chi connectivity index (χ2v) is 42.4. The number of aliphatic hydroxyl groups excluding tert-OH is 2.